The molecule has 1 heterocycles. The molecule has 3 aromatic rings. The second kappa shape index (κ2) is 7.56. The SMILES string of the molecule is C[C@H](c1ccc(F)cc1)C(c1cccnc1)[C@@H](C)c1cccc(F)c1. The van der Waals surface area contributed by atoms with E-state index in [4.69, 9.17) is 0 Å². The van der Waals surface area contributed by atoms with Gasteiger partial charge in [-0.25, -0.2) is 8.78 Å². The van der Waals surface area contributed by atoms with E-state index in [-0.39, 0.29) is 29.4 Å². The summed E-state index contributed by atoms with van der Waals surface area (Å²) in [6.07, 6.45) is 3.61. The van der Waals surface area contributed by atoms with Gasteiger partial charge in [0.25, 0.3) is 0 Å². The number of nitrogens with zero attached hydrogens (tertiary/aromatic N) is 1. The zero-order valence-corrected chi connectivity index (χ0v) is 14.4. The van der Waals surface area contributed by atoms with Crippen LogP contribution < -0.4 is 0 Å². The van der Waals surface area contributed by atoms with Crippen LogP contribution in [0, 0.1) is 11.6 Å². The number of aromatic nitrogens is 1. The monoisotopic (exact) mass is 337 g/mol. The Hall–Kier alpha value is -2.55. The highest BCUT2D eigenvalue weighted by atomic mass is 19.1. The van der Waals surface area contributed by atoms with E-state index in [0.717, 1.165) is 16.7 Å². The van der Waals surface area contributed by atoms with Crippen molar-refractivity contribution in [3.63, 3.8) is 0 Å². The van der Waals surface area contributed by atoms with Crippen molar-refractivity contribution in [1.29, 1.82) is 0 Å². The zero-order valence-electron chi connectivity index (χ0n) is 14.4. The third-order valence-electron chi connectivity index (χ3n) is 4.92. The van der Waals surface area contributed by atoms with E-state index in [1.165, 1.54) is 18.2 Å². The van der Waals surface area contributed by atoms with Crippen molar-refractivity contribution in [2.75, 3.05) is 0 Å². The summed E-state index contributed by atoms with van der Waals surface area (Å²) in [5.41, 5.74) is 3.09. The number of hydrogen-bond acceptors (Lipinski definition) is 1. The first kappa shape index (κ1) is 17.3. The Morgan fingerprint density at radius 2 is 1.40 bits per heavy atom. The fraction of sp³-hybridized carbons (Fsp3) is 0.227. The van der Waals surface area contributed by atoms with Gasteiger partial charge in [0.2, 0.25) is 0 Å². The fourth-order valence-corrected chi connectivity index (χ4v) is 3.55. The number of pyridine rings is 1. The average molecular weight is 337 g/mol. The van der Waals surface area contributed by atoms with Crippen LogP contribution in [0.1, 0.15) is 48.3 Å². The Labute approximate surface area is 147 Å². The fourth-order valence-electron chi connectivity index (χ4n) is 3.55. The number of hydrogen-bond donors (Lipinski definition) is 0. The topological polar surface area (TPSA) is 12.9 Å². The molecule has 3 atom stereocenters. The molecule has 1 unspecified atom stereocenters. The molecule has 3 rings (SSSR count). The highest BCUT2D eigenvalue weighted by molar-refractivity contribution is 5.32. The molecule has 1 nitrogen and oxygen atoms in total. The van der Waals surface area contributed by atoms with Crippen LogP contribution in [0.4, 0.5) is 8.78 Å². The first-order chi connectivity index (χ1) is 12.1. The molecule has 0 amide bonds. The van der Waals surface area contributed by atoms with E-state index < -0.39 is 0 Å². The molecule has 25 heavy (non-hydrogen) atoms. The molecule has 0 saturated heterocycles. The predicted molar refractivity (Wildman–Crippen MR) is 96.6 cm³/mol. The van der Waals surface area contributed by atoms with Crippen molar-refractivity contribution in [2.24, 2.45) is 0 Å². The van der Waals surface area contributed by atoms with Crippen LogP contribution in [0.15, 0.2) is 73.1 Å². The minimum absolute atomic E-state index is 0.0833. The van der Waals surface area contributed by atoms with Gasteiger partial charge in [0, 0.05) is 12.4 Å². The standard InChI is InChI=1S/C22H21F2N/c1-15(17-8-10-20(23)11-9-17)22(19-6-4-12-25-14-19)16(2)18-5-3-7-21(24)13-18/h3-16,22H,1-2H3/t15-,16+,22?/m1/s1. The van der Waals surface area contributed by atoms with Crippen LogP contribution in [0.25, 0.3) is 0 Å². The van der Waals surface area contributed by atoms with Crippen molar-refractivity contribution >= 4 is 0 Å². The van der Waals surface area contributed by atoms with Crippen molar-refractivity contribution in [1.82, 2.24) is 4.98 Å². The second-order valence-corrected chi connectivity index (χ2v) is 6.50. The average Bonchev–Trinajstić information content (AvgIpc) is 2.63. The van der Waals surface area contributed by atoms with E-state index in [1.807, 2.05) is 36.5 Å². The molecule has 0 saturated carbocycles. The minimum atomic E-state index is -0.243. The zero-order chi connectivity index (χ0) is 17.8. The molecule has 0 aliphatic carbocycles. The normalized spacial score (nSPS) is 14.7. The molecular formula is C22H21F2N. The first-order valence-electron chi connectivity index (χ1n) is 8.47. The Kier molecular flexibility index (Phi) is 5.22. The van der Waals surface area contributed by atoms with Crippen molar-refractivity contribution in [3.8, 4) is 0 Å². The molecule has 1 aromatic heterocycles. The van der Waals surface area contributed by atoms with Crippen LogP contribution >= 0.6 is 0 Å². The van der Waals surface area contributed by atoms with Gasteiger partial charge >= 0.3 is 0 Å². The highest BCUT2D eigenvalue weighted by Gasteiger charge is 2.28. The van der Waals surface area contributed by atoms with Crippen molar-refractivity contribution in [2.45, 2.75) is 31.6 Å². The summed E-state index contributed by atoms with van der Waals surface area (Å²) in [7, 11) is 0. The molecule has 0 N–H and O–H groups in total. The number of rotatable bonds is 5. The van der Waals surface area contributed by atoms with Gasteiger partial charge in [0.1, 0.15) is 11.6 Å². The summed E-state index contributed by atoms with van der Waals surface area (Å²) < 4.78 is 27.0. The van der Waals surface area contributed by atoms with Crippen molar-refractivity contribution in [3.05, 3.63) is 101 Å². The van der Waals surface area contributed by atoms with Crippen molar-refractivity contribution < 1.29 is 8.78 Å². The summed E-state index contributed by atoms with van der Waals surface area (Å²) in [5.74, 6) is -0.167. The molecule has 0 aliphatic rings. The van der Waals surface area contributed by atoms with Crippen LogP contribution in [0.2, 0.25) is 0 Å². The summed E-state index contributed by atoms with van der Waals surface area (Å²) in [6.45, 7) is 4.23. The van der Waals surface area contributed by atoms with Gasteiger partial charge < -0.3 is 0 Å². The lowest BCUT2D eigenvalue weighted by molar-refractivity contribution is 0.493. The smallest absolute Gasteiger partial charge is 0.123 e. The quantitative estimate of drug-likeness (QED) is 0.552. The maximum Gasteiger partial charge on any atom is 0.123 e. The molecule has 0 radical (unpaired) electrons. The van der Waals surface area contributed by atoms with Gasteiger partial charge in [-0.15, -0.1) is 0 Å². The van der Waals surface area contributed by atoms with Gasteiger partial charge in [-0.1, -0.05) is 44.2 Å². The number of halogens is 2. The lowest BCUT2D eigenvalue weighted by Gasteiger charge is -2.31. The predicted octanol–water partition coefficient (Wildman–Crippen LogP) is 6.05. The Morgan fingerprint density at radius 1 is 0.720 bits per heavy atom. The molecule has 0 fully saturated rings. The Bertz CT molecular complexity index is 815. The molecule has 0 spiro atoms. The van der Waals surface area contributed by atoms with Gasteiger partial charge in [-0.2, -0.15) is 0 Å². The third kappa shape index (κ3) is 3.93. The molecular weight excluding hydrogens is 316 g/mol. The third-order valence-corrected chi connectivity index (χ3v) is 4.92. The van der Waals surface area contributed by atoms with E-state index in [9.17, 15) is 8.78 Å². The van der Waals surface area contributed by atoms with E-state index in [2.05, 4.69) is 18.8 Å². The lowest BCUT2D eigenvalue weighted by atomic mass is 9.73. The highest BCUT2D eigenvalue weighted by Crippen LogP contribution is 2.42. The molecule has 0 bridgehead atoms. The molecule has 0 aliphatic heterocycles. The summed E-state index contributed by atoms with van der Waals surface area (Å²) in [4.78, 5) is 4.26. The maximum absolute atomic E-state index is 13.7. The van der Waals surface area contributed by atoms with Gasteiger partial charge in [0.15, 0.2) is 0 Å². The summed E-state index contributed by atoms with van der Waals surface area (Å²) in [6, 6.07) is 17.3. The molecule has 128 valence electrons. The van der Waals surface area contributed by atoms with Crippen LogP contribution in [-0.4, -0.2) is 4.98 Å². The van der Waals surface area contributed by atoms with Gasteiger partial charge in [-0.3, -0.25) is 4.98 Å². The van der Waals surface area contributed by atoms with Crippen LogP contribution in [0.5, 0.6) is 0 Å². The summed E-state index contributed by atoms with van der Waals surface area (Å²) >= 11 is 0. The van der Waals surface area contributed by atoms with E-state index in [1.54, 1.807) is 18.3 Å². The van der Waals surface area contributed by atoms with Crippen LogP contribution in [-0.2, 0) is 0 Å². The Morgan fingerprint density at radius 3 is 2.04 bits per heavy atom. The number of benzene rings is 2. The van der Waals surface area contributed by atoms with Gasteiger partial charge in [0.05, 0.1) is 0 Å². The van der Waals surface area contributed by atoms with E-state index in [0.29, 0.717) is 0 Å². The molecule has 2 aromatic carbocycles. The van der Waals surface area contributed by atoms with Gasteiger partial charge in [-0.05, 0) is 64.8 Å². The van der Waals surface area contributed by atoms with Crippen LogP contribution in [0.3, 0.4) is 0 Å². The minimum Gasteiger partial charge on any atom is -0.264 e. The second-order valence-electron chi connectivity index (χ2n) is 6.50. The van der Waals surface area contributed by atoms with E-state index >= 15 is 0 Å². The Balaban J connectivity index is 2.02. The summed E-state index contributed by atoms with van der Waals surface area (Å²) in [5, 5.41) is 0. The largest absolute Gasteiger partial charge is 0.264 e. The maximum atomic E-state index is 13.7. The first-order valence-corrected chi connectivity index (χ1v) is 8.47. The molecule has 3 heteroatoms. The lowest BCUT2D eigenvalue weighted by Crippen LogP contribution is -2.16.